The number of carboxylic acid groups (broad SMARTS) is 1. The molecule has 0 aliphatic carbocycles. The van der Waals surface area contributed by atoms with Crippen molar-refractivity contribution in [3.63, 3.8) is 0 Å². The van der Waals surface area contributed by atoms with E-state index in [0.717, 1.165) is 16.7 Å². The molecule has 0 fully saturated rings. The van der Waals surface area contributed by atoms with Gasteiger partial charge in [0.05, 0.1) is 10.6 Å². The van der Waals surface area contributed by atoms with E-state index in [4.69, 9.17) is 11.6 Å². The van der Waals surface area contributed by atoms with Crippen molar-refractivity contribution in [1.29, 1.82) is 0 Å². The van der Waals surface area contributed by atoms with E-state index in [-0.39, 0.29) is 22.9 Å². The number of nitrogens with zero attached hydrogens (tertiary/aromatic N) is 2. The first-order chi connectivity index (χ1) is 17.3. The maximum atomic E-state index is 12.7. The topological polar surface area (TPSA) is 99.6 Å². The third-order valence-corrected chi connectivity index (χ3v) is 6.51. The standard InChI is InChI=1S/C28H26ClN3O4/c1-18-5-4-6-22(29)25(18)26(33)31-24(28(35)36)17-19-8-10-20(11-9-19)21-12-15-32(16-13-21)27(34)23-7-2-3-14-30-23/h2-12,14,24H,13,15-17H2,1H3,(H,31,33)(H,35,36)/t24-/m0/s1. The Morgan fingerprint density at radius 2 is 1.86 bits per heavy atom. The highest BCUT2D eigenvalue weighted by Gasteiger charge is 2.24. The highest BCUT2D eigenvalue weighted by atomic mass is 35.5. The number of pyridine rings is 1. The molecule has 0 unspecified atom stereocenters. The summed E-state index contributed by atoms with van der Waals surface area (Å²) in [6.07, 6.45) is 4.49. The van der Waals surface area contributed by atoms with E-state index < -0.39 is 17.9 Å². The summed E-state index contributed by atoms with van der Waals surface area (Å²) in [5.41, 5.74) is 4.32. The molecule has 0 saturated heterocycles. The largest absolute Gasteiger partial charge is 0.480 e. The lowest BCUT2D eigenvalue weighted by atomic mass is 9.96. The number of rotatable bonds is 7. The molecular formula is C28H26ClN3O4. The van der Waals surface area contributed by atoms with Crippen LogP contribution in [0.1, 0.15) is 44.0 Å². The molecule has 4 rings (SSSR count). The van der Waals surface area contributed by atoms with Gasteiger partial charge in [0, 0.05) is 25.7 Å². The number of carbonyl (C=O) groups excluding carboxylic acids is 2. The highest BCUT2D eigenvalue weighted by Crippen LogP contribution is 2.24. The van der Waals surface area contributed by atoms with Gasteiger partial charge in [-0.25, -0.2) is 4.79 Å². The maximum absolute atomic E-state index is 12.7. The molecule has 1 atom stereocenters. The SMILES string of the molecule is Cc1cccc(Cl)c1C(=O)N[C@@H](Cc1ccc(C2=CCN(C(=O)c3ccccn3)CC2)cc1)C(=O)O. The summed E-state index contributed by atoms with van der Waals surface area (Å²) < 4.78 is 0. The van der Waals surface area contributed by atoms with Crippen molar-refractivity contribution in [2.24, 2.45) is 0 Å². The number of carboxylic acids is 1. The molecule has 2 amide bonds. The first-order valence-electron chi connectivity index (χ1n) is 11.6. The van der Waals surface area contributed by atoms with Gasteiger partial charge < -0.3 is 15.3 Å². The minimum absolute atomic E-state index is 0.0880. The number of aliphatic carboxylic acids is 1. The second kappa shape index (κ2) is 11.2. The van der Waals surface area contributed by atoms with E-state index in [0.29, 0.717) is 30.8 Å². The number of amides is 2. The molecule has 8 heteroatoms. The van der Waals surface area contributed by atoms with Gasteiger partial charge in [-0.15, -0.1) is 0 Å². The Bertz CT molecular complexity index is 1290. The first-order valence-corrected chi connectivity index (χ1v) is 12.0. The van der Waals surface area contributed by atoms with E-state index in [1.54, 1.807) is 54.4 Å². The van der Waals surface area contributed by atoms with Crippen LogP contribution in [0.5, 0.6) is 0 Å². The fourth-order valence-electron chi connectivity index (χ4n) is 4.21. The van der Waals surface area contributed by atoms with Crippen molar-refractivity contribution < 1.29 is 19.5 Å². The molecule has 1 aliphatic rings. The molecule has 0 spiro atoms. The fraction of sp³-hybridized carbons (Fsp3) is 0.214. The lowest BCUT2D eigenvalue weighted by molar-refractivity contribution is -0.139. The predicted molar refractivity (Wildman–Crippen MR) is 138 cm³/mol. The molecule has 0 bridgehead atoms. The van der Waals surface area contributed by atoms with Crippen molar-refractivity contribution in [2.45, 2.75) is 25.8 Å². The predicted octanol–water partition coefficient (Wildman–Crippen LogP) is 4.40. The summed E-state index contributed by atoms with van der Waals surface area (Å²) >= 11 is 6.16. The summed E-state index contributed by atoms with van der Waals surface area (Å²) in [5.74, 6) is -1.72. The second-order valence-corrected chi connectivity index (χ2v) is 9.05. The highest BCUT2D eigenvalue weighted by molar-refractivity contribution is 6.34. The molecule has 2 heterocycles. The van der Waals surface area contributed by atoms with Crippen LogP contribution in [0, 0.1) is 6.92 Å². The van der Waals surface area contributed by atoms with Crippen LogP contribution in [0.4, 0.5) is 0 Å². The minimum Gasteiger partial charge on any atom is -0.480 e. The number of nitrogens with one attached hydrogen (secondary N) is 1. The first kappa shape index (κ1) is 25.1. The van der Waals surface area contributed by atoms with Gasteiger partial charge in [0.15, 0.2) is 0 Å². The van der Waals surface area contributed by atoms with Crippen LogP contribution in [0.25, 0.3) is 5.57 Å². The van der Waals surface area contributed by atoms with E-state index in [9.17, 15) is 19.5 Å². The van der Waals surface area contributed by atoms with Crippen LogP contribution in [0.2, 0.25) is 5.02 Å². The lowest BCUT2D eigenvalue weighted by Gasteiger charge is -2.26. The average Bonchev–Trinajstić information content (AvgIpc) is 2.89. The van der Waals surface area contributed by atoms with Gasteiger partial charge in [0.1, 0.15) is 11.7 Å². The Morgan fingerprint density at radius 3 is 2.47 bits per heavy atom. The van der Waals surface area contributed by atoms with E-state index >= 15 is 0 Å². The number of hydrogen-bond acceptors (Lipinski definition) is 4. The lowest BCUT2D eigenvalue weighted by Crippen LogP contribution is -2.42. The Labute approximate surface area is 214 Å². The molecule has 36 heavy (non-hydrogen) atoms. The molecule has 2 N–H and O–H groups in total. The van der Waals surface area contributed by atoms with Gasteiger partial charge in [-0.2, -0.15) is 0 Å². The molecule has 184 valence electrons. The molecule has 0 radical (unpaired) electrons. The van der Waals surface area contributed by atoms with Crippen LogP contribution in [-0.2, 0) is 11.2 Å². The van der Waals surface area contributed by atoms with Crippen molar-refractivity contribution in [2.75, 3.05) is 13.1 Å². The van der Waals surface area contributed by atoms with Crippen LogP contribution in [0.3, 0.4) is 0 Å². The number of aryl methyl sites for hydroxylation is 1. The third kappa shape index (κ3) is 5.80. The second-order valence-electron chi connectivity index (χ2n) is 8.64. The van der Waals surface area contributed by atoms with Crippen LogP contribution >= 0.6 is 11.6 Å². The third-order valence-electron chi connectivity index (χ3n) is 6.20. The molecule has 3 aromatic rings. The Hall–Kier alpha value is -3.97. The molecule has 1 aromatic heterocycles. The van der Waals surface area contributed by atoms with Crippen molar-refractivity contribution in [3.05, 3.63) is 106 Å². The average molecular weight is 504 g/mol. The quantitative estimate of drug-likeness (QED) is 0.498. The number of hydrogen-bond donors (Lipinski definition) is 2. The smallest absolute Gasteiger partial charge is 0.326 e. The number of benzene rings is 2. The van der Waals surface area contributed by atoms with E-state index in [1.807, 2.05) is 30.3 Å². The van der Waals surface area contributed by atoms with Crippen molar-refractivity contribution in [1.82, 2.24) is 15.2 Å². The maximum Gasteiger partial charge on any atom is 0.326 e. The number of carbonyl (C=O) groups is 3. The zero-order valence-corrected chi connectivity index (χ0v) is 20.5. The van der Waals surface area contributed by atoms with E-state index in [2.05, 4.69) is 10.3 Å². The van der Waals surface area contributed by atoms with Crippen molar-refractivity contribution >= 4 is 35.0 Å². The summed E-state index contributed by atoms with van der Waals surface area (Å²) in [7, 11) is 0. The Balaban J connectivity index is 1.40. The monoisotopic (exact) mass is 503 g/mol. The molecule has 0 saturated carbocycles. The number of aromatic nitrogens is 1. The summed E-state index contributed by atoms with van der Waals surface area (Å²) in [6, 6.07) is 16.9. The number of halogens is 1. The zero-order chi connectivity index (χ0) is 25.7. The fourth-order valence-corrected chi connectivity index (χ4v) is 4.52. The van der Waals surface area contributed by atoms with Gasteiger partial charge in [-0.3, -0.25) is 14.6 Å². The van der Waals surface area contributed by atoms with Gasteiger partial charge in [0.2, 0.25) is 0 Å². The van der Waals surface area contributed by atoms with Gasteiger partial charge in [-0.05, 0) is 53.8 Å². The molecule has 2 aromatic carbocycles. The van der Waals surface area contributed by atoms with Gasteiger partial charge in [0.25, 0.3) is 11.8 Å². The Kier molecular flexibility index (Phi) is 7.80. The van der Waals surface area contributed by atoms with Crippen LogP contribution < -0.4 is 5.32 Å². The molecular weight excluding hydrogens is 478 g/mol. The summed E-state index contributed by atoms with van der Waals surface area (Å²) in [5, 5.41) is 12.6. The molecule has 1 aliphatic heterocycles. The molecule has 7 nitrogen and oxygen atoms in total. The van der Waals surface area contributed by atoms with Crippen LogP contribution in [0.15, 0.2) is 72.9 Å². The zero-order valence-electron chi connectivity index (χ0n) is 19.8. The van der Waals surface area contributed by atoms with E-state index in [1.165, 1.54) is 0 Å². The summed E-state index contributed by atoms with van der Waals surface area (Å²) in [4.78, 5) is 43.1. The van der Waals surface area contributed by atoms with Gasteiger partial charge >= 0.3 is 5.97 Å². The van der Waals surface area contributed by atoms with Crippen LogP contribution in [-0.4, -0.2) is 51.9 Å². The van der Waals surface area contributed by atoms with Crippen molar-refractivity contribution in [3.8, 4) is 0 Å². The normalized spacial score (nSPS) is 14.1. The van der Waals surface area contributed by atoms with Gasteiger partial charge in [-0.1, -0.05) is 60.1 Å². The summed E-state index contributed by atoms with van der Waals surface area (Å²) in [6.45, 7) is 2.85. The minimum atomic E-state index is -1.12. The Morgan fingerprint density at radius 1 is 1.08 bits per heavy atom.